The molecule has 1 aromatic heterocycles. The zero-order valence-electron chi connectivity index (χ0n) is 12.4. The lowest BCUT2D eigenvalue weighted by atomic mass is 10.3. The number of nitrogens with zero attached hydrogens (tertiary/aromatic N) is 1. The van der Waals surface area contributed by atoms with Crippen LogP contribution in [-0.4, -0.2) is 22.7 Å². The van der Waals surface area contributed by atoms with Crippen molar-refractivity contribution in [1.82, 2.24) is 4.98 Å². The fraction of sp³-hybridized carbons (Fsp3) is 0.250. The SMILES string of the molecule is CCOc1ccccc1NC(=O)[C@@H](C)Sc1ccc(Br)cn1. The molecular weight excluding hydrogens is 364 g/mol. The molecule has 116 valence electrons. The van der Waals surface area contributed by atoms with Crippen molar-refractivity contribution < 1.29 is 9.53 Å². The third-order valence-electron chi connectivity index (χ3n) is 2.81. The van der Waals surface area contributed by atoms with Crippen molar-refractivity contribution in [1.29, 1.82) is 0 Å². The standard InChI is InChI=1S/C16H17BrN2O2S/c1-3-21-14-7-5-4-6-13(14)19-16(20)11(2)22-15-9-8-12(17)10-18-15/h4-11H,3H2,1-2H3,(H,19,20)/t11-/m1/s1. The van der Waals surface area contributed by atoms with Gasteiger partial charge < -0.3 is 10.1 Å². The van der Waals surface area contributed by atoms with Crippen molar-refractivity contribution in [2.24, 2.45) is 0 Å². The van der Waals surface area contributed by atoms with Gasteiger partial charge in [0.25, 0.3) is 0 Å². The number of hydrogen-bond acceptors (Lipinski definition) is 4. The number of carbonyl (C=O) groups is 1. The quantitative estimate of drug-likeness (QED) is 0.756. The van der Waals surface area contributed by atoms with Crippen LogP contribution in [0.3, 0.4) is 0 Å². The van der Waals surface area contributed by atoms with Crippen LogP contribution in [0.1, 0.15) is 13.8 Å². The summed E-state index contributed by atoms with van der Waals surface area (Å²) in [7, 11) is 0. The third-order valence-corrected chi connectivity index (χ3v) is 4.33. The maximum atomic E-state index is 12.3. The molecule has 1 heterocycles. The van der Waals surface area contributed by atoms with E-state index in [-0.39, 0.29) is 11.2 Å². The number of benzene rings is 1. The number of aromatic nitrogens is 1. The Morgan fingerprint density at radius 1 is 1.36 bits per heavy atom. The lowest BCUT2D eigenvalue weighted by Gasteiger charge is -2.14. The van der Waals surface area contributed by atoms with Gasteiger partial charge in [0.1, 0.15) is 5.75 Å². The molecule has 1 N–H and O–H groups in total. The highest BCUT2D eigenvalue weighted by atomic mass is 79.9. The maximum absolute atomic E-state index is 12.3. The van der Waals surface area contributed by atoms with Crippen molar-refractivity contribution in [3.8, 4) is 5.75 Å². The maximum Gasteiger partial charge on any atom is 0.237 e. The minimum Gasteiger partial charge on any atom is -0.492 e. The van der Waals surface area contributed by atoms with Gasteiger partial charge in [0.05, 0.1) is 22.6 Å². The van der Waals surface area contributed by atoms with E-state index in [9.17, 15) is 4.79 Å². The van der Waals surface area contributed by atoms with E-state index in [4.69, 9.17) is 4.74 Å². The van der Waals surface area contributed by atoms with Crippen LogP contribution >= 0.6 is 27.7 Å². The predicted octanol–water partition coefficient (Wildman–Crippen LogP) is 4.36. The summed E-state index contributed by atoms with van der Waals surface area (Å²) in [4.78, 5) is 16.6. The molecule has 0 aliphatic heterocycles. The smallest absolute Gasteiger partial charge is 0.237 e. The first-order chi connectivity index (χ1) is 10.6. The summed E-state index contributed by atoms with van der Waals surface area (Å²) >= 11 is 4.76. The van der Waals surface area contributed by atoms with Crippen LogP contribution in [0.25, 0.3) is 0 Å². The molecule has 0 aliphatic rings. The number of pyridine rings is 1. The highest BCUT2D eigenvalue weighted by Gasteiger charge is 2.16. The van der Waals surface area contributed by atoms with Gasteiger partial charge >= 0.3 is 0 Å². The number of halogens is 1. The van der Waals surface area contributed by atoms with Gasteiger partial charge in [-0.05, 0) is 54.0 Å². The lowest BCUT2D eigenvalue weighted by Crippen LogP contribution is -2.22. The molecule has 0 saturated heterocycles. The molecule has 2 rings (SSSR count). The Labute approximate surface area is 142 Å². The van der Waals surface area contributed by atoms with E-state index >= 15 is 0 Å². The highest BCUT2D eigenvalue weighted by Crippen LogP contribution is 2.27. The normalized spacial score (nSPS) is 11.8. The number of anilines is 1. The third kappa shape index (κ3) is 4.74. The predicted molar refractivity (Wildman–Crippen MR) is 93.5 cm³/mol. The molecule has 2 aromatic rings. The van der Waals surface area contributed by atoms with Gasteiger partial charge in [-0.2, -0.15) is 0 Å². The molecule has 0 fully saturated rings. The summed E-state index contributed by atoms with van der Waals surface area (Å²) in [5.41, 5.74) is 0.686. The Morgan fingerprint density at radius 2 is 2.14 bits per heavy atom. The van der Waals surface area contributed by atoms with E-state index in [1.807, 2.05) is 50.2 Å². The van der Waals surface area contributed by atoms with E-state index < -0.39 is 0 Å². The first-order valence-electron chi connectivity index (χ1n) is 6.91. The molecule has 0 unspecified atom stereocenters. The number of ether oxygens (including phenoxy) is 1. The molecule has 0 aliphatic carbocycles. The molecule has 1 aromatic carbocycles. The summed E-state index contributed by atoms with van der Waals surface area (Å²) < 4.78 is 6.43. The lowest BCUT2D eigenvalue weighted by molar-refractivity contribution is -0.115. The Morgan fingerprint density at radius 3 is 2.82 bits per heavy atom. The molecule has 0 radical (unpaired) electrons. The summed E-state index contributed by atoms with van der Waals surface area (Å²) in [5, 5.41) is 3.45. The van der Waals surface area contributed by atoms with Crippen molar-refractivity contribution in [2.45, 2.75) is 24.1 Å². The van der Waals surface area contributed by atoms with Gasteiger partial charge in [0.15, 0.2) is 0 Å². The average Bonchev–Trinajstić information content (AvgIpc) is 2.51. The van der Waals surface area contributed by atoms with Crippen LogP contribution in [0.5, 0.6) is 5.75 Å². The van der Waals surface area contributed by atoms with Gasteiger partial charge in [0.2, 0.25) is 5.91 Å². The Balaban J connectivity index is 2.01. The van der Waals surface area contributed by atoms with E-state index in [2.05, 4.69) is 26.2 Å². The number of rotatable bonds is 6. The summed E-state index contributed by atoms with van der Waals surface area (Å²) in [6.45, 7) is 4.32. The van der Waals surface area contributed by atoms with Crippen molar-refractivity contribution in [3.05, 3.63) is 47.1 Å². The molecule has 0 bridgehead atoms. The second kappa shape index (κ2) is 8.19. The van der Waals surface area contributed by atoms with Crippen LogP contribution < -0.4 is 10.1 Å². The number of carbonyl (C=O) groups excluding carboxylic acids is 1. The number of hydrogen-bond donors (Lipinski definition) is 1. The Hall–Kier alpha value is -1.53. The molecule has 1 atom stereocenters. The van der Waals surface area contributed by atoms with E-state index in [0.717, 1.165) is 9.50 Å². The fourth-order valence-electron chi connectivity index (χ4n) is 1.75. The van der Waals surface area contributed by atoms with Gasteiger partial charge in [0, 0.05) is 10.7 Å². The Kier molecular flexibility index (Phi) is 6.27. The second-order valence-electron chi connectivity index (χ2n) is 4.49. The minimum atomic E-state index is -0.261. The molecule has 4 nitrogen and oxygen atoms in total. The largest absolute Gasteiger partial charge is 0.492 e. The first-order valence-corrected chi connectivity index (χ1v) is 8.58. The van der Waals surface area contributed by atoms with Crippen LogP contribution in [0.15, 0.2) is 52.1 Å². The number of amides is 1. The summed E-state index contributed by atoms with van der Waals surface area (Å²) in [6, 6.07) is 11.2. The topological polar surface area (TPSA) is 51.2 Å². The van der Waals surface area contributed by atoms with Crippen LogP contribution in [0.4, 0.5) is 5.69 Å². The molecular formula is C16H17BrN2O2S. The molecule has 1 amide bonds. The highest BCUT2D eigenvalue weighted by molar-refractivity contribution is 9.10. The zero-order chi connectivity index (χ0) is 15.9. The van der Waals surface area contributed by atoms with Crippen molar-refractivity contribution >= 4 is 39.3 Å². The average molecular weight is 381 g/mol. The van der Waals surface area contributed by atoms with E-state index in [1.54, 1.807) is 6.20 Å². The van der Waals surface area contributed by atoms with Gasteiger partial charge in [-0.15, -0.1) is 0 Å². The Bertz CT molecular complexity index is 634. The molecule has 0 saturated carbocycles. The monoisotopic (exact) mass is 380 g/mol. The van der Waals surface area contributed by atoms with Gasteiger partial charge in [-0.3, -0.25) is 4.79 Å². The van der Waals surface area contributed by atoms with E-state index in [1.165, 1.54) is 11.8 Å². The van der Waals surface area contributed by atoms with Crippen molar-refractivity contribution in [2.75, 3.05) is 11.9 Å². The zero-order valence-corrected chi connectivity index (χ0v) is 14.8. The van der Waals surface area contributed by atoms with Gasteiger partial charge in [-0.1, -0.05) is 23.9 Å². The second-order valence-corrected chi connectivity index (χ2v) is 6.77. The molecule has 22 heavy (non-hydrogen) atoms. The van der Waals surface area contributed by atoms with Crippen LogP contribution in [0, 0.1) is 0 Å². The first kappa shape index (κ1) is 16.8. The number of nitrogens with one attached hydrogen (secondary N) is 1. The minimum absolute atomic E-state index is 0.0816. The summed E-state index contributed by atoms with van der Waals surface area (Å²) in [6.07, 6.45) is 1.72. The molecule has 6 heteroatoms. The fourth-order valence-corrected chi connectivity index (χ4v) is 2.78. The number of para-hydroxylation sites is 2. The number of thioether (sulfide) groups is 1. The molecule has 0 spiro atoms. The van der Waals surface area contributed by atoms with Crippen LogP contribution in [-0.2, 0) is 4.79 Å². The van der Waals surface area contributed by atoms with Gasteiger partial charge in [-0.25, -0.2) is 4.98 Å². The summed E-state index contributed by atoms with van der Waals surface area (Å²) in [5.74, 6) is 0.596. The van der Waals surface area contributed by atoms with E-state index in [0.29, 0.717) is 18.0 Å². The van der Waals surface area contributed by atoms with Crippen molar-refractivity contribution in [3.63, 3.8) is 0 Å². The van der Waals surface area contributed by atoms with Crippen LogP contribution in [0.2, 0.25) is 0 Å².